The molecule has 4 rings (SSSR count). The number of anilines is 2. The van der Waals surface area contributed by atoms with Crippen LogP contribution in [0.2, 0.25) is 0 Å². The minimum Gasteiger partial charge on any atom is -0.422 e. The first-order chi connectivity index (χ1) is 14.2. The summed E-state index contributed by atoms with van der Waals surface area (Å²) in [6.07, 6.45) is 6.00. The summed E-state index contributed by atoms with van der Waals surface area (Å²) in [4.78, 5) is 27.5. The van der Waals surface area contributed by atoms with Crippen molar-refractivity contribution < 1.29 is 9.21 Å². The maximum Gasteiger partial charge on any atom is 0.299 e. The largest absolute Gasteiger partial charge is 0.422 e. The fourth-order valence-corrected chi connectivity index (χ4v) is 3.51. The average Bonchev–Trinajstić information content (AvgIpc) is 3.17. The van der Waals surface area contributed by atoms with Gasteiger partial charge in [-0.05, 0) is 50.5 Å². The number of carbonyl (C=O) groups is 1. The number of oxazole rings is 1. The number of amides is 1. The van der Waals surface area contributed by atoms with E-state index in [1.807, 2.05) is 31.2 Å². The van der Waals surface area contributed by atoms with E-state index in [0.29, 0.717) is 23.8 Å². The molecule has 1 saturated heterocycles. The molecule has 8 heteroatoms. The number of fused-ring (bicyclic) bond motifs is 1. The van der Waals surface area contributed by atoms with E-state index in [9.17, 15) is 4.79 Å². The molecule has 3 aromatic rings. The molecule has 1 aliphatic heterocycles. The third kappa shape index (κ3) is 4.82. The van der Waals surface area contributed by atoms with Crippen molar-refractivity contribution in [2.24, 2.45) is 5.92 Å². The van der Waals surface area contributed by atoms with Gasteiger partial charge in [-0.2, -0.15) is 4.98 Å². The van der Waals surface area contributed by atoms with Gasteiger partial charge in [0.2, 0.25) is 11.6 Å². The van der Waals surface area contributed by atoms with Crippen LogP contribution in [0.4, 0.5) is 11.7 Å². The number of aromatic nitrogens is 3. The summed E-state index contributed by atoms with van der Waals surface area (Å²) in [7, 11) is 0. The van der Waals surface area contributed by atoms with Gasteiger partial charge in [0.25, 0.3) is 6.01 Å². The average molecular weight is 394 g/mol. The zero-order valence-corrected chi connectivity index (χ0v) is 16.6. The summed E-state index contributed by atoms with van der Waals surface area (Å²) in [5.74, 6) is 0.183. The summed E-state index contributed by atoms with van der Waals surface area (Å²) >= 11 is 0. The molecule has 0 radical (unpaired) electrons. The number of pyridine rings is 2. The molecule has 152 valence electrons. The van der Waals surface area contributed by atoms with Gasteiger partial charge < -0.3 is 20.0 Å². The zero-order valence-electron chi connectivity index (χ0n) is 16.6. The van der Waals surface area contributed by atoms with Crippen molar-refractivity contribution in [3.63, 3.8) is 0 Å². The molecule has 0 aromatic carbocycles. The number of nitrogens with one attached hydrogen (secondary N) is 2. The zero-order chi connectivity index (χ0) is 20.1. The van der Waals surface area contributed by atoms with Crippen LogP contribution in [0.3, 0.4) is 0 Å². The number of rotatable bonds is 7. The van der Waals surface area contributed by atoms with Gasteiger partial charge in [0.1, 0.15) is 0 Å². The highest BCUT2D eigenvalue weighted by Gasteiger charge is 2.27. The number of aryl methyl sites for hydroxylation is 1. The van der Waals surface area contributed by atoms with Gasteiger partial charge in [-0.3, -0.25) is 9.78 Å². The van der Waals surface area contributed by atoms with Gasteiger partial charge in [-0.15, -0.1) is 0 Å². The highest BCUT2D eigenvalue weighted by Crippen LogP contribution is 2.26. The fourth-order valence-electron chi connectivity index (χ4n) is 3.51. The van der Waals surface area contributed by atoms with Crippen LogP contribution in [0.5, 0.6) is 0 Å². The summed E-state index contributed by atoms with van der Waals surface area (Å²) in [6.45, 7) is 4.92. The Morgan fingerprint density at radius 2 is 2.07 bits per heavy atom. The van der Waals surface area contributed by atoms with Gasteiger partial charge in [0.05, 0.1) is 5.69 Å². The van der Waals surface area contributed by atoms with Gasteiger partial charge in [-0.1, -0.05) is 0 Å². The summed E-state index contributed by atoms with van der Waals surface area (Å²) in [6, 6.07) is 8.29. The molecule has 1 fully saturated rings. The number of hydrogen-bond acceptors (Lipinski definition) is 7. The maximum atomic E-state index is 12.4. The van der Waals surface area contributed by atoms with Crippen molar-refractivity contribution in [2.45, 2.75) is 26.2 Å². The Morgan fingerprint density at radius 3 is 2.86 bits per heavy atom. The Labute approximate surface area is 169 Å². The Morgan fingerprint density at radius 1 is 1.21 bits per heavy atom. The number of nitrogens with zero attached hydrogens (tertiary/aromatic N) is 4. The fraction of sp³-hybridized carbons (Fsp3) is 0.429. The molecule has 0 saturated carbocycles. The minimum atomic E-state index is 0.0438. The van der Waals surface area contributed by atoms with Gasteiger partial charge in [0, 0.05) is 50.2 Å². The first-order valence-corrected chi connectivity index (χ1v) is 10.1. The lowest BCUT2D eigenvalue weighted by Crippen LogP contribution is -2.41. The second kappa shape index (κ2) is 8.89. The Kier molecular flexibility index (Phi) is 5.88. The van der Waals surface area contributed by atoms with E-state index in [-0.39, 0.29) is 11.8 Å². The quantitative estimate of drug-likeness (QED) is 0.595. The monoisotopic (exact) mass is 394 g/mol. The van der Waals surface area contributed by atoms with Crippen molar-refractivity contribution in [3.05, 3.63) is 42.4 Å². The Hall–Kier alpha value is -3.16. The Balaban J connectivity index is 1.19. The van der Waals surface area contributed by atoms with Crippen molar-refractivity contribution in [1.29, 1.82) is 0 Å². The van der Waals surface area contributed by atoms with Crippen LogP contribution >= 0.6 is 0 Å². The molecule has 3 aromatic heterocycles. The molecule has 1 aliphatic rings. The van der Waals surface area contributed by atoms with Crippen LogP contribution in [-0.2, 0) is 4.79 Å². The maximum absolute atomic E-state index is 12.4. The summed E-state index contributed by atoms with van der Waals surface area (Å²) in [5.41, 5.74) is 3.25. The second-order valence-corrected chi connectivity index (χ2v) is 7.35. The van der Waals surface area contributed by atoms with Crippen molar-refractivity contribution >= 4 is 28.8 Å². The SMILES string of the molecule is Cc1ccc2oc(N3CCC(C(=O)NCCCNc4cccnc4)CC3)nc2n1. The lowest BCUT2D eigenvalue weighted by Gasteiger charge is -2.30. The van der Waals surface area contributed by atoms with Crippen LogP contribution < -0.4 is 15.5 Å². The summed E-state index contributed by atoms with van der Waals surface area (Å²) in [5, 5.41) is 6.35. The van der Waals surface area contributed by atoms with Crippen LogP contribution in [0.15, 0.2) is 41.1 Å². The molecule has 0 unspecified atom stereocenters. The highest BCUT2D eigenvalue weighted by atomic mass is 16.4. The molecule has 4 heterocycles. The normalized spacial score (nSPS) is 14.9. The number of hydrogen-bond donors (Lipinski definition) is 2. The number of carbonyl (C=O) groups excluding carboxylic acids is 1. The first kappa shape index (κ1) is 19.2. The molecule has 0 atom stereocenters. The molecule has 1 amide bonds. The smallest absolute Gasteiger partial charge is 0.299 e. The van der Waals surface area contributed by atoms with E-state index in [1.54, 1.807) is 12.4 Å². The van der Waals surface area contributed by atoms with Gasteiger partial charge in [-0.25, -0.2) is 4.98 Å². The lowest BCUT2D eigenvalue weighted by atomic mass is 9.96. The van der Waals surface area contributed by atoms with Gasteiger partial charge in [0.15, 0.2) is 5.58 Å². The lowest BCUT2D eigenvalue weighted by molar-refractivity contribution is -0.125. The van der Waals surface area contributed by atoms with Crippen LogP contribution in [0.1, 0.15) is 25.0 Å². The topological polar surface area (TPSA) is 96.2 Å². The predicted molar refractivity (Wildman–Crippen MR) is 112 cm³/mol. The molecule has 8 nitrogen and oxygen atoms in total. The minimum absolute atomic E-state index is 0.0438. The Bertz CT molecular complexity index is 950. The van der Waals surface area contributed by atoms with E-state index in [0.717, 1.165) is 50.3 Å². The molecule has 0 spiro atoms. The van der Waals surface area contributed by atoms with Crippen LogP contribution in [0, 0.1) is 12.8 Å². The van der Waals surface area contributed by atoms with E-state index in [1.165, 1.54) is 0 Å². The molecule has 0 aliphatic carbocycles. The standard InChI is InChI=1S/C21H26N6O2/c1-15-5-6-18-19(25-15)26-21(29-18)27-12-7-16(8-13-27)20(28)24-11-3-10-23-17-4-2-9-22-14-17/h2,4-6,9,14,16,23H,3,7-8,10-13H2,1H3,(H,24,28). The summed E-state index contributed by atoms with van der Waals surface area (Å²) < 4.78 is 5.83. The highest BCUT2D eigenvalue weighted by molar-refractivity contribution is 5.79. The number of piperidine rings is 1. The van der Waals surface area contributed by atoms with Crippen molar-refractivity contribution in [3.8, 4) is 0 Å². The van der Waals surface area contributed by atoms with Crippen LogP contribution in [-0.4, -0.2) is 47.0 Å². The van der Waals surface area contributed by atoms with E-state index >= 15 is 0 Å². The second-order valence-electron chi connectivity index (χ2n) is 7.35. The molecule has 29 heavy (non-hydrogen) atoms. The third-order valence-corrected chi connectivity index (χ3v) is 5.16. The van der Waals surface area contributed by atoms with E-state index in [4.69, 9.17) is 4.42 Å². The van der Waals surface area contributed by atoms with E-state index < -0.39 is 0 Å². The van der Waals surface area contributed by atoms with Crippen LogP contribution in [0.25, 0.3) is 11.2 Å². The third-order valence-electron chi connectivity index (χ3n) is 5.16. The van der Waals surface area contributed by atoms with Crippen molar-refractivity contribution in [1.82, 2.24) is 20.3 Å². The van der Waals surface area contributed by atoms with E-state index in [2.05, 4.69) is 30.5 Å². The first-order valence-electron chi connectivity index (χ1n) is 10.1. The van der Waals surface area contributed by atoms with Crippen molar-refractivity contribution in [2.75, 3.05) is 36.4 Å². The molecular weight excluding hydrogens is 368 g/mol. The predicted octanol–water partition coefficient (Wildman–Crippen LogP) is 2.76. The molecular formula is C21H26N6O2. The molecule has 2 N–H and O–H groups in total. The van der Waals surface area contributed by atoms with Gasteiger partial charge >= 0.3 is 0 Å². The molecule has 0 bridgehead atoms.